The fourth-order valence-electron chi connectivity index (χ4n) is 2.15. The van der Waals surface area contributed by atoms with Gasteiger partial charge in [0.1, 0.15) is 6.04 Å². The Balaban J connectivity index is 1.75. The van der Waals surface area contributed by atoms with Crippen molar-refractivity contribution in [1.82, 2.24) is 15.1 Å². The van der Waals surface area contributed by atoms with E-state index in [-0.39, 0.29) is 6.03 Å². The number of aliphatic carboxylic acids is 1. The van der Waals surface area contributed by atoms with E-state index in [9.17, 15) is 9.59 Å². The number of nitrogens with one attached hydrogen (secondary N) is 1. The van der Waals surface area contributed by atoms with Crippen LogP contribution in [0.5, 0.6) is 0 Å². The number of thiophene rings is 1. The first-order valence-electron chi connectivity index (χ1n) is 6.58. The summed E-state index contributed by atoms with van der Waals surface area (Å²) in [4.78, 5) is 26.5. The largest absolute Gasteiger partial charge is 0.480 e. The Hall–Kier alpha value is -1.60. The lowest BCUT2D eigenvalue weighted by Crippen LogP contribution is -2.54. The van der Waals surface area contributed by atoms with Crippen molar-refractivity contribution in [2.45, 2.75) is 19.5 Å². The second-order valence-corrected chi connectivity index (χ2v) is 5.61. The van der Waals surface area contributed by atoms with Crippen molar-refractivity contribution >= 4 is 23.3 Å². The summed E-state index contributed by atoms with van der Waals surface area (Å²) in [5, 5.41) is 15.8. The monoisotopic (exact) mass is 297 g/mol. The van der Waals surface area contributed by atoms with Crippen molar-refractivity contribution in [3.63, 3.8) is 0 Å². The van der Waals surface area contributed by atoms with Crippen molar-refractivity contribution in [2.75, 3.05) is 26.2 Å². The van der Waals surface area contributed by atoms with Crippen LogP contribution >= 0.6 is 11.3 Å². The zero-order chi connectivity index (χ0) is 14.5. The molecule has 0 saturated carbocycles. The Bertz CT molecular complexity index is 455. The smallest absolute Gasteiger partial charge is 0.320 e. The van der Waals surface area contributed by atoms with Crippen LogP contribution < -0.4 is 5.32 Å². The molecule has 0 radical (unpaired) electrons. The Morgan fingerprint density at radius 2 is 2.10 bits per heavy atom. The quantitative estimate of drug-likeness (QED) is 0.871. The number of nitrogens with zero attached hydrogens (tertiary/aromatic N) is 2. The first kappa shape index (κ1) is 14.8. The maximum absolute atomic E-state index is 12.0. The van der Waals surface area contributed by atoms with Crippen molar-refractivity contribution in [1.29, 1.82) is 0 Å². The maximum atomic E-state index is 12.0. The van der Waals surface area contributed by atoms with Gasteiger partial charge in [0.15, 0.2) is 0 Å². The second kappa shape index (κ2) is 6.71. The molecule has 2 N–H and O–H groups in total. The average molecular weight is 297 g/mol. The van der Waals surface area contributed by atoms with Crippen molar-refractivity contribution in [3.05, 3.63) is 22.4 Å². The topological polar surface area (TPSA) is 72.9 Å². The van der Waals surface area contributed by atoms with Gasteiger partial charge < -0.3 is 15.3 Å². The van der Waals surface area contributed by atoms with Crippen LogP contribution in [0.4, 0.5) is 4.79 Å². The average Bonchev–Trinajstić information content (AvgIpc) is 2.97. The highest BCUT2D eigenvalue weighted by atomic mass is 32.1. The summed E-state index contributed by atoms with van der Waals surface area (Å²) in [6, 6.07) is 1.40. The second-order valence-electron chi connectivity index (χ2n) is 4.83. The summed E-state index contributed by atoms with van der Waals surface area (Å²) in [6.45, 7) is 4.53. The highest BCUT2D eigenvalue weighted by Gasteiger charge is 2.26. The van der Waals surface area contributed by atoms with E-state index in [1.807, 2.05) is 21.7 Å². The molecule has 0 spiro atoms. The molecule has 0 aliphatic carbocycles. The molecule has 1 aromatic rings. The molecule has 1 aliphatic heterocycles. The summed E-state index contributed by atoms with van der Waals surface area (Å²) in [7, 11) is 0. The van der Waals surface area contributed by atoms with Crippen LogP contribution in [0.3, 0.4) is 0 Å². The third kappa shape index (κ3) is 3.71. The molecule has 7 heteroatoms. The zero-order valence-corrected chi connectivity index (χ0v) is 12.2. The predicted octanol–water partition coefficient (Wildman–Crippen LogP) is 1.05. The maximum Gasteiger partial charge on any atom is 0.320 e. The molecular weight excluding hydrogens is 278 g/mol. The normalized spacial score (nSPS) is 17.8. The predicted molar refractivity (Wildman–Crippen MR) is 76.8 cm³/mol. The molecule has 6 nitrogen and oxygen atoms in total. The molecule has 0 aromatic carbocycles. The van der Waals surface area contributed by atoms with Gasteiger partial charge in [0.05, 0.1) is 0 Å². The Morgan fingerprint density at radius 3 is 2.65 bits per heavy atom. The van der Waals surface area contributed by atoms with E-state index in [4.69, 9.17) is 5.11 Å². The molecule has 1 aromatic heterocycles. The lowest BCUT2D eigenvalue weighted by atomic mass is 10.2. The van der Waals surface area contributed by atoms with Crippen LogP contribution in [0.2, 0.25) is 0 Å². The van der Waals surface area contributed by atoms with E-state index in [0.717, 1.165) is 5.56 Å². The number of carbonyl (C=O) groups excluding carboxylic acids is 1. The number of carboxylic acids is 1. The summed E-state index contributed by atoms with van der Waals surface area (Å²) in [5.41, 5.74) is 1.10. The third-order valence-corrected chi connectivity index (χ3v) is 4.26. The highest BCUT2D eigenvalue weighted by Crippen LogP contribution is 2.08. The fraction of sp³-hybridized carbons (Fsp3) is 0.538. The standard InChI is InChI=1S/C13H19N3O3S/c1-10(12(17)18)15-3-5-16(6-4-15)13(19)14-8-11-2-7-20-9-11/h2,7,9-10H,3-6,8H2,1H3,(H,14,19)(H,17,18). The Morgan fingerprint density at radius 1 is 1.40 bits per heavy atom. The Labute approximate surface area is 122 Å². The molecule has 1 unspecified atom stereocenters. The lowest BCUT2D eigenvalue weighted by Gasteiger charge is -2.36. The van der Waals surface area contributed by atoms with Crippen LogP contribution in [0, 0.1) is 0 Å². The van der Waals surface area contributed by atoms with E-state index < -0.39 is 12.0 Å². The number of amides is 2. The van der Waals surface area contributed by atoms with E-state index in [0.29, 0.717) is 32.7 Å². The minimum Gasteiger partial charge on any atom is -0.480 e. The highest BCUT2D eigenvalue weighted by molar-refractivity contribution is 7.07. The summed E-state index contributed by atoms with van der Waals surface area (Å²) >= 11 is 1.61. The lowest BCUT2D eigenvalue weighted by molar-refractivity contribution is -0.143. The molecular formula is C13H19N3O3S. The van der Waals surface area contributed by atoms with Crippen molar-refractivity contribution in [2.24, 2.45) is 0 Å². The first-order valence-corrected chi connectivity index (χ1v) is 7.53. The minimum absolute atomic E-state index is 0.0844. The van der Waals surface area contributed by atoms with Gasteiger partial charge in [0.2, 0.25) is 0 Å². The van der Waals surface area contributed by atoms with Crippen LogP contribution in [0.25, 0.3) is 0 Å². The molecule has 20 heavy (non-hydrogen) atoms. The molecule has 110 valence electrons. The first-order chi connectivity index (χ1) is 9.58. The number of hydrogen-bond donors (Lipinski definition) is 2. The molecule has 1 aliphatic rings. The van der Waals surface area contributed by atoms with E-state index in [1.165, 1.54) is 0 Å². The van der Waals surface area contributed by atoms with Gasteiger partial charge in [-0.3, -0.25) is 9.69 Å². The zero-order valence-electron chi connectivity index (χ0n) is 11.4. The van der Waals surface area contributed by atoms with E-state index in [2.05, 4.69) is 5.32 Å². The van der Waals surface area contributed by atoms with Crippen LogP contribution in [0.15, 0.2) is 16.8 Å². The number of rotatable bonds is 4. The summed E-state index contributed by atoms with van der Waals surface area (Å²) in [6.07, 6.45) is 0. The molecule has 1 atom stereocenters. The van der Waals surface area contributed by atoms with Gasteiger partial charge in [0.25, 0.3) is 0 Å². The van der Waals surface area contributed by atoms with Gasteiger partial charge in [0, 0.05) is 32.7 Å². The van der Waals surface area contributed by atoms with Gasteiger partial charge in [-0.05, 0) is 29.3 Å². The minimum atomic E-state index is -0.819. The fourth-order valence-corrected chi connectivity index (χ4v) is 2.82. The van der Waals surface area contributed by atoms with Crippen molar-refractivity contribution in [3.8, 4) is 0 Å². The molecule has 1 fully saturated rings. The summed E-state index contributed by atoms with van der Waals surface area (Å²) < 4.78 is 0. The number of urea groups is 1. The van der Waals surface area contributed by atoms with Crippen molar-refractivity contribution < 1.29 is 14.7 Å². The molecule has 2 rings (SSSR count). The van der Waals surface area contributed by atoms with Gasteiger partial charge in [-0.2, -0.15) is 11.3 Å². The number of carboxylic acid groups (broad SMARTS) is 1. The number of carbonyl (C=O) groups is 2. The van der Waals surface area contributed by atoms with Gasteiger partial charge >= 0.3 is 12.0 Å². The number of hydrogen-bond acceptors (Lipinski definition) is 4. The van der Waals surface area contributed by atoms with Crippen LogP contribution in [-0.2, 0) is 11.3 Å². The van der Waals surface area contributed by atoms with Gasteiger partial charge in [-0.15, -0.1) is 0 Å². The van der Waals surface area contributed by atoms with E-state index in [1.54, 1.807) is 23.2 Å². The molecule has 1 saturated heterocycles. The SMILES string of the molecule is CC(C(=O)O)N1CCN(C(=O)NCc2ccsc2)CC1. The summed E-state index contributed by atoms with van der Waals surface area (Å²) in [5.74, 6) is -0.819. The van der Waals surface area contributed by atoms with Crippen LogP contribution in [-0.4, -0.2) is 59.1 Å². The van der Waals surface area contributed by atoms with E-state index >= 15 is 0 Å². The third-order valence-electron chi connectivity index (χ3n) is 3.53. The molecule has 2 heterocycles. The Kier molecular flexibility index (Phi) is 4.97. The van der Waals surface area contributed by atoms with Gasteiger partial charge in [-0.1, -0.05) is 0 Å². The molecule has 2 amide bonds. The van der Waals surface area contributed by atoms with Crippen LogP contribution in [0.1, 0.15) is 12.5 Å². The number of piperazine rings is 1. The molecule has 0 bridgehead atoms. The van der Waals surface area contributed by atoms with Gasteiger partial charge in [-0.25, -0.2) is 4.79 Å².